The Kier molecular flexibility index (Phi) is 3.28. The minimum atomic E-state index is -4.40. The van der Waals surface area contributed by atoms with Crippen molar-refractivity contribution >= 4 is 23.1 Å². The number of benzene rings is 1. The molecular formula is C14H11ClF3N3. The predicted molar refractivity (Wildman–Crippen MR) is 73.9 cm³/mol. The molecule has 3 nitrogen and oxygen atoms in total. The summed E-state index contributed by atoms with van der Waals surface area (Å²) in [7, 11) is 0. The van der Waals surface area contributed by atoms with Crippen LogP contribution in [0, 0.1) is 6.92 Å². The number of aryl methyl sites for hydroxylation is 1. The number of rotatable bonds is 1. The van der Waals surface area contributed by atoms with Crippen molar-refractivity contribution in [1.29, 1.82) is 0 Å². The lowest BCUT2D eigenvalue weighted by molar-refractivity contribution is -0.137. The van der Waals surface area contributed by atoms with Gasteiger partial charge in [0.2, 0.25) is 0 Å². The van der Waals surface area contributed by atoms with Crippen molar-refractivity contribution in [2.75, 3.05) is 11.4 Å². The van der Waals surface area contributed by atoms with Gasteiger partial charge in [-0.15, -0.1) is 0 Å². The van der Waals surface area contributed by atoms with Gasteiger partial charge < -0.3 is 4.90 Å². The maximum absolute atomic E-state index is 12.7. The highest BCUT2D eigenvalue weighted by Crippen LogP contribution is 2.39. The predicted octanol–water partition coefficient (Wildman–Crippen LogP) is 4.15. The van der Waals surface area contributed by atoms with Gasteiger partial charge in [-0.05, 0) is 31.5 Å². The molecule has 0 saturated heterocycles. The second-order valence-electron chi connectivity index (χ2n) is 4.83. The van der Waals surface area contributed by atoms with Crippen LogP contribution in [0.4, 0.5) is 24.7 Å². The van der Waals surface area contributed by atoms with E-state index in [1.165, 1.54) is 6.07 Å². The zero-order valence-electron chi connectivity index (χ0n) is 11.1. The molecule has 2 heterocycles. The molecule has 0 bridgehead atoms. The minimum absolute atomic E-state index is 0.0638. The first kappa shape index (κ1) is 14.1. The molecule has 1 aliphatic rings. The fourth-order valence-electron chi connectivity index (χ4n) is 2.37. The van der Waals surface area contributed by atoms with Crippen LogP contribution in [0.1, 0.15) is 17.0 Å². The van der Waals surface area contributed by atoms with Gasteiger partial charge in [0.05, 0.1) is 16.3 Å². The van der Waals surface area contributed by atoms with Crippen molar-refractivity contribution in [2.24, 2.45) is 0 Å². The van der Waals surface area contributed by atoms with Crippen LogP contribution >= 0.6 is 11.6 Å². The number of aromatic nitrogens is 2. The van der Waals surface area contributed by atoms with Crippen LogP contribution in [-0.2, 0) is 12.6 Å². The average molecular weight is 314 g/mol. The molecule has 0 amide bonds. The summed E-state index contributed by atoms with van der Waals surface area (Å²) in [5.74, 6) is 1.33. The number of fused-ring (bicyclic) bond motifs is 1. The lowest BCUT2D eigenvalue weighted by atomic mass is 10.2. The summed E-state index contributed by atoms with van der Waals surface area (Å²) in [6.07, 6.45) is -1.91. The third-order valence-corrected chi connectivity index (χ3v) is 3.69. The van der Waals surface area contributed by atoms with E-state index in [-0.39, 0.29) is 5.02 Å². The van der Waals surface area contributed by atoms with Gasteiger partial charge in [-0.25, -0.2) is 9.97 Å². The van der Waals surface area contributed by atoms with Crippen LogP contribution in [0.2, 0.25) is 5.02 Å². The molecule has 7 heteroatoms. The largest absolute Gasteiger partial charge is 0.416 e. The molecule has 0 N–H and O–H groups in total. The number of alkyl halides is 3. The van der Waals surface area contributed by atoms with E-state index in [4.69, 9.17) is 11.6 Å². The Morgan fingerprint density at radius 2 is 2.05 bits per heavy atom. The van der Waals surface area contributed by atoms with E-state index in [1.54, 1.807) is 13.1 Å². The third kappa shape index (κ3) is 2.55. The van der Waals surface area contributed by atoms with Gasteiger partial charge in [-0.1, -0.05) is 11.6 Å². The van der Waals surface area contributed by atoms with Gasteiger partial charge in [-0.3, -0.25) is 0 Å². The van der Waals surface area contributed by atoms with Crippen molar-refractivity contribution in [3.63, 3.8) is 0 Å². The van der Waals surface area contributed by atoms with Crippen molar-refractivity contribution < 1.29 is 13.2 Å². The van der Waals surface area contributed by atoms with Gasteiger partial charge in [0, 0.05) is 18.3 Å². The Morgan fingerprint density at radius 1 is 1.29 bits per heavy atom. The molecule has 0 atom stereocenters. The van der Waals surface area contributed by atoms with Gasteiger partial charge in [-0.2, -0.15) is 13.2 Å². The summed E-state index contributed by atoms with van der Waals surface area (Å²) >= 11 is 6.04. The molecule has 1 aliphatic heterocycles. The molecule has 0 unspecified atom stereocenters. The SMILES string of the molecule is Cc1ncc2c(n1)N(c1ccc(C(F)(F)F)cc1Cl)CC2. The lowest BCUT2D eigenvalue weighted by Crippen LogP contribution is -2.16. The zero-order valence-corrected chi connectivity index (χ0v) is 11.8. The van der Waals surface area contributed by atoms with E-state index in [9.17, 15) is 13.2 Å². The second kappa shape index (κ2) is 4.87. The maximum Gasteiger partial charge on any atom is 0.416 e. The highest BCUT2D eigenvalue weighted by atomic mass is 35.5. The van der Waals surface area contributed by atoms with Gasteiger partial charge in [0.25, 0.3) is 0 Å². The van der Waals surface area contributed by atoms with Crippen molar-refractivity contribution in [3.8, 4) is 0 Å². The molecule has 0 spiro atoms. The summed E-state index contributed by atoms with van der Waals surface area (Å²) < 4.78 is 38.0. The van der Waals surface area contributed by atoms with Gasteiger partial charge >= 0.3 is 6.18 Å². The normalized spacial score (nSPS) is 14.4. The van der Waals surface area contributed by atoms with Crippen LogP contribution in [0.3, 0.4) is 0 Å². The van der Waals surface area contributed by atoms with Crippen LogP contribution in [-0.4, -0.2) is 16.5 Å². The number of halogens is 4. The van der Waals surface area contributed by atoms with Crippen LogP contribution in [0.15, 0.2) is 24.4 Å². The topological polar surface area (TPSA) is 29.0 Å². The Bertz CT molecular complexity index is 700. The first-order chi connectivity index (χ1) is 9.86. The first-order valence-corrected chi connectivity index (χ1v) is 6.71. The molecule has 0 fully saturated rings. The Morgan fingerprint density at radius 3 is 2.71 bits per heavy atom. The molecule has 0 saturated carbocycles. The molecule has 21 heavy (non-hydrogen) atoms. The summed E-state index contributed by atoms with van der Waals surface area (Å²) in [6.45, 7) is 2.39. The molecule has 0 aliphatic carbocycles. The smallest absolute Gasteiger partial charge is 0.324 e. The van der Waals surface area contributed by atoms with E-state index < -0.39 is 11.7 Å². The van der Waals surface area contributed by atoms with Crippen LogP contribution in [0.25, 0.3) is 0 Å². The summed E-state index contributed by atoms with van der Waals surface area (Å²) in [6, 6.07) is 3.37. The Balaban J connectivity index is 2.02. The number of anilines is 2. The Hall–Kier alpha value is -1.82. The summed E-state index contributed by atoms with van der Waals surface area (Å²) in [4.78, 5) is 10.3. The van der Waals surface area contributed by atoms with E-state index in [2.05, 4.69) is 9.97 Å². The monoisotopic (exact) mass is 313 g/mol. The molecule has 0 radical (unpaired) electrons. The fourth-order valence-corrected chi connectivity index (χ4v) is 2.65. The summed E-state index contributed by atoms with van der Waals surface area (Å²) in [5, 5.41) is 0.0638. The van der Waals surface area contributed by atoms with Crippen molar-refractivity contribution in [2.45, 2.75) is 19.5 Å². The third-order valence-electron chi connectivity index (χ3n) is 3.39. The molecule has 2 aromatic rings. The highest BCUT2D eigenvalue weighted by molar-refractivity contribution is 6.33. The molecular weight excluding hydrogens is 303 g/mol. The molecule has 1 aromatic carbocycles. The second-order valence-corrected chi connectivity index (χ2v) is 5.24. The molecule has 3 rings (SSSR count). The minimum Gasteiger partial charge on any atom is -0.324 e. The molecule has 110 valence electrons. The maximum atomic E-state index is 12.7. The van der Waals surface area contributed by atoms with Crippen molar-refractivity contribution in [3.05, 3.63) is 46.4 Å². The number of hydrogen-bond acceptors (Lipinski definition) is 3. The highest BCUT2D eigenvalue weighted by Gasteiger charge is 2.32. The van der Waals surface area contributed by atoms with Crippen LogP contribution in [0.5, 0.6) is 0 Å². The van der Waals surface area contributed by atoms with Gasteiger partial charge in [0.1, 0.15) is 11.6 Å². The van der Waals surface area contributed by atoms with E-state index in [1.807, 2.05) is 4.90 Å². The fraction of sp³-hybridized carbons (Fsp3) is 0.286. The number of hydrogen-bond donors (Lipinski definition) is 0. The number of nitrogens with zero attached hydrogens (tertiary/aromatic N) is 3. The zero-order chi connectivity index (χ0) is 15.2. The molecule has 1 aromatic heterocycles. The van der Waals surface area contributed by atoms with E-state index in [0.717, 1.165) is 24.1 Å². The van der Waals surface area contributed by atoms with E-state index >= 15 is 0 Å². The van der Waals surface area contributed by atoms with Crippen LogP contribution < -0.4 is 4.90 Å². The van der Waals surface area contributed by atoms with Crippen molar-refractivity contribution in [1.82, 2.24) is 9.97 Å². The van der Waals surface area contributed by atoms with Gasteiger partial charge in [0.15, 0.2) is 0 Å². The Labute approximate surface area is 124 Å². The standard InChI is InChI=1S/C14H11ClF3N3/c1-8-19-7-9-4-5-21(13(9)20-8)12-3-2-10(6-11(12)15)14(16,17)18/h2-3,6-7H,4-5H2,1H3. The summed E-state index contributed by atoms with van der Waals surface area (Å²) in [5.41, 5.74) is 0.743. The lowest BCUT2D eigenvalue weighted by Gasteiger charge is -2.20. The van der Waals surface area contributed by atoms with E-state index in [0.29, 0.717) is 23.9 Å². The quantitative estimate of drug-likeness (QED) is 0.792. The average Bonchev–Trinajstić information content (AvgIpc) is 2.80. The first-order valence-electron chi connectivity index (χ1n) is 6.33.